The zero-order chi connectivity index (χ0) is 11.7. The molecule has 1 aromatic carbocycles. The Morgan fingerprint density at radius 3 is 2.75 bits per heavy atom. The van der Waals surface area contributed by atoms with Crippen molar-refractivity contribution in [3.63, 3.8) is 0 Å². The Morgan fingerprint density at radius 1 is 1.31 bits per heavy atom. The largest absolute Gasteiger partial charge is 0.397 e. The molecule has 2 atom stereocenters. The maximum absolute atomic E-state index is 6.09. The molecular weight excluding hydrogens is 264 g/mol. The van der Waals surface area contributed by atoms with Crippen LogP contribution in [0.15, 0.2) is 22.7 Å². The van der Waals surface area contributed by atoms with Gasteiger partial charge in [-0.05, 0) is 43.9 Å². The van der Waals surface area contributed by atoms with Crippen molar-refractivity contribution >= 4 is 27.3 Å². The van der Waals surface area contributed by atoms with E-state index in [4.69, 9.17) is 5.73 Å². The van der Waals surface area contributed by atoms with Gasteiger partial charge < -0.3 is 10.6 Å². The van der Waals surface area contributed by atoms with Gasteiger partial charge in [0.1, 0.15) is 0 Å². The molecule has 16 heavy (non-hydrogen) atoms. The molecule has 1 aliphatic heterocycles. The van der Waals surface area contributed by atoms with Crippen LogP contribution in [0.3, 0.4) is 0 Å². The monoisotopic (exact) mass is 282 g/mol. The number of piperidine rings is 1. The molecule has 0 spiro atoms. The first-order valence-corrected chi connectivity index (χ1v) is 6.69. The SMILES string of the molecule is CC1CCC(C)N(c2ccc(Br)cc2N)C1. The summed E-state index contributed by atoms with van der Waals surface area (Å²) < 4.78 is 1.05. The molecule has 1 aliphatic rings. The predicted molar refractivity (Wildman–Crippen MR) is 73.8 cm³/mol. The normalized spacial score (nSPS) is 25.8. The number of nitrogens with zero attached hydrogens (tertiary/aromatic N) is 1. The molecule has 1 heterocycles. The first-order valence-electron chi connectivity index (χ1n) is 5.89. The summed E-state index contributed by atoms with van der Waals surface area (Å²) in [6, 6.07) is 6.77. The van der Waals surface area contributed by atoms with Gasteiger partial charge in [0.25, 0.3) is 0 Å². The molecule has 2 nitrogen and oxygen atoms in total. The Labute approximate surface area is 106 Å². The number of benzene rings is 1. The minimum absolute atomic E-state index is 0.597. The number of nitrogen functional groups attached to an aromatic ring is 1. The number of anilines is 2. The molecule has 0 aromatic heterocycles. The summed E-state index contributed by atoms with van der Waals surface area (Å²) in [5.41, 5.74) is 8.14. The van der Waals surface area contributed by atoms with Crippen LogP contribution in [0.4, 0.5) is 11.4 Å². The summed E-state index contributed by atoms with van der Waals surface area (Å²) in [6.07, 6.45) is 2.59. The average Bonchev–Trinajstić information content (AvgIpc) is 2.22. The highest BCUT2D eigenvalue weighted by atomic mass is 79.9. The Bertz CT molecular complexity index is 378. The fourth-order valence-electron chi connectivity index (χ4n) is 2.41. The van der Waals surface area contributed by atoms with Crippen LogP contribution in [0.2, 0.25) is 0 Å². The van der Waals surface area contributed by atoms with Crippen molar-refractivity contribution in [1.82, 2.24) is 0 Å². The topological polar surface area (TPSA) is 29.3 Å². The molecular formula is C13H19BrN2. The maximum atomic E-state index is 6.09. The van der Waals surface area contributed by atoms with E-state index in [9.17, 15) is 0 Å². The van der Waals surface area contributed by atoms with Gasteiger partial charge in [-0.2, -0.15) is 0 Å². The van der Waals surface area contributed by atoms with Gasteiger partial charge in [0, 0.05) is 17.1 Å². The molecule has 0 bridgehead atoms. The van der Waals surface area contributed by atoms with Crippen LogP contribution in [0, 0.1) is 5.92 Å². The number of halogens is 1. The summed E-state index contributed by atoms with van der Waals surface area (Å²) in [7, 11) is 0. The highest BCUT2D eigenvalue weighted by Crippen LogP contribution is 2.32. The highest BCUT2D eigenvalue weighted by Gasteiger charge is 2.24. The lowest BCUT2D eigenvalue weighted by Crippen LogP contribution is -2.41. The minimum Gasteiger partial charge on any atom is -0.397 e. The third kappa shape index (κ3) is 2.34. The number of rotatable bonds is 1. The summed E-state index contributed by atoms with van der Waals surface area (Å²) in [4.78, 5) is 2.44. The molecule has 0 saturated carbocycles. The summed E-state index contributed by atoms with van der Waals surface area (Å²) in [5.74, 6) is 0.763. The predicted octanol–water partition coefficient (Wildman–Crippen LogP) is 3.66. The highest BCUT2D eigenvalue weighted by molar-refractivity contribution is 9.10. The van der Waals surface area contributed by atoms with E-state index in [2.05, 4.69) is 46.8 Å². The van der Waals surface area contributed by atoms with E-state index in [0.29, 0.717) is 6.04 Å². The van der Waals surface area contributed by atoms with E-state index in [1.54, 1.807) is 0 Å². The zero-order valence-electron chi connectivity index (χ0n) is 9.91. The van der Waals surface area contributed by atoms with Crippen LogP contribution in [0.25, 0.3) is 0 Å². The Morgan fingerprint density at radius 2 is 2.06 bits per heavy atom. The molecule has 88 valence electrons. The quantitative estimate of drug-likeness (QED) is 0.797. The smallest absolute Gasteiger partial charge is 0.0603 e. The average molecular weight is 283 g/mol. The first kappa shape index (κ1) is 11.8. The lowest BCUT2D eigenvalue weighted by molar-refractivity contribution is 0.390. The Kier molecular flexibility index (Phi) is 3.43. The van der Waals surface area contributed by atoms with Crippen LogP contribution in [0.5, 0.6) is 0 Å². The van der Waals surface area contributed by atoms with E-state index >= 15 is 0 Å². The van der Waals surface area contributed by atoms with E-state index in [0.717, 1.165) is 22.6 Å². The second-order valence-electron chi connectivity index (χ2n) is 4.89. The Hall–Kier alpha value is -0.700. The fraction of sp³-hybridized carbons (Fsp3) is 0.538. The standard InChI is InChI=1S/C13H19BrN2/c1-9-3-4-10(2)16(8-9)13-6-5-11(14)7-12(13)15/h5-7,9-10H,3-4,8,15H2,1-2H3. The molecule has 0 amide bonds. The van der Waals surface area contributed by atoms with Gasteiger partial charge in [-0.1, -0.05) is 22.9 Å². The molecule has 0 radical (unpaired) electrons. The van der Waals surface area contributed by atoms with Crippen LogP contribution >= 0.6 is 15.9 Å². The summed E-state index contributed by atoms with van der Waals surface area (Å²) >= 11 is 3.45. The molecule has 2 N–H and O–H groups in total. The maximum Gasteiger partial charge on any atom is 0.0603 e. The van der Waals surface area contributed by atoms with Gasteiger partial charge in [-0.15, -0.1) is 0 Å². The number of hydrogen-bond donors (Lipinski definition) is 1. The molecule has 0 aliphatic carbocycles. The number of nitrogens with two attached hydrogens (primary N) is 1. The van der Waals surface area contributed by atoms with Gasteiger partial charge in [0.05, 0.1) is 11.4 Å². The van der Waals surface area contributed by atoms with E-state index in [1.165, 1.54) is 18.5 Å². The van der Waals surface area contributed by atoms with Gasteiger partial charge in [0.2, 0.25) is 0 Å². The lowest BCUT2D eigenvalue weighted by atomic mass is 9.94. The van der Waals surface area contributed by atoms with Crippen LogP contribution in [0.1, 0.15) is 26.7 Å². The van der Waals surface area contributed by atoms with Gasteiger partial charge >= 0.3 is 0 Å². The third-order valence-corrected chi connectivity index (χ3v) is 3.91. The first-order chi connectivity index (χ1) is 7.58. The molecule has 2 unspecified atom stereocenters. The second kappa shape index (κ2) is 4.66. The fourth-order valence-corrected chi connectivity index (χ4v) is 2.79. The van der Waals surface area contributed by atoms with E-state index in [1.807, 2.05) is 6.07 Å². The third-order valence-electron chi connectivity index (χ3n) is 3.42. The minimum atomic E-state index is 0.597. The summed E-state index contributed by atoms with van der Waals surface area (Å²) in [5, 5.41) is 0. The van der Waals surface area contributed by atoms with Crippen molar-refractivity contribution in [2.24, 2.45) is 5.92 Å². The van der Waals surface area contributed by atoms with Crippen LogP contribution in [-0.2, 0) is 0 Å². The van der Waals surface area contributed by atoms with Crippen LogP contribution < -0.4 is 10.6 Å². The van der Waals surface area contributed by atoms with Crippen LogP contribution in [-0.4, -0.2) is 12.6 Å². The second-order valence-corrected chi connectivity index (χ2v) is 5.80. The van der Waals surface area contributed by atoms with Crippen molar-refractivity contribution in [2.45, 2.75) is 32.7 Å². The lowest BCUT2D eigenvalue weighted by Gasteiger charge is -2.39. The molecule has 3 heteroatoms. The van der Waals surface area contributed by atoms with Gasteiger partial charge in [0.15, 0.2) is 0 Å². The Balaban J connectivity index is 2.28. The van der Waals surface area contributed by atoms with Gasteiger partial charge in [-0.25, -0.2) is 0 Å². The number of hydrogen-bond acceptors (Lipinski definition) is 2. The van der Waals surface area contributed by atoms with Crippen molar-refractivity contribution in [3.05, 3.63) is 22.7 Å². The molecule has 1 aromatic rings. The molecule has 2 rings (SSSR count). The summed E-state index contributed by atoms with van der Waals surface area (Å²) in [6.45, 7) is 5.72. The van der Waals surface area contributed by atoms with Crippen molar-refractivity contribution in [2.75, 3.05) is 17.2 Å². The van der Waals surface area contributed by atoms with Crippen molar-refractivity contribution in [1.29, 1.82) is 0 Å². The zero-order valence-corrected chi connectivity index (χ0v) is 11.5. The van der Waals surface area contributed by atoms with Crippen molar-refractivity contribution < 1.29 is 0 Å². The van der Waals surface area contributed by atoms with E-state index in [-0.39, 0.29) is 0 Å². The van der Waals surface area contributed by atoms with Crippen molar-refractivity contribution in [3.8, 4) is 0 Å². The molecule has 1 fully saturated rings. The van der Waals surface area contributed by atoms with E-state index < -0.39 is 0 Å². The van der Waals surface area contributed by atoms with Gasteiger partial charge in [-0.3, -0.25) is 0 Å². The molecule has 1 saturated heterocycles.